The molecule has 0 aliphatic heterocycles. The minimum absolute atomic E-state index is 0.888. The third-order valence-electron chi connectivity index (χ3n) is 4.91. The number of rotatable bonds is 4. The number of hydrogen-bond donors (Lipinski definition) is 1. The van der Waals surface area contributed by atoms with Crippen LogP contribution in [-0.2, 0) is 12.8 Å². The summed E-state index contributed by atoms with van der Waals surface area (Å²) in [6, 6.07) is 10.6. The Morgan fingerprint density at radius 3 is 2.64 bits per heavy atom. The standard InChI is InChI=1S/C20H22N2/c1-13-14(2)22-20-18(11-15-6-4-3-5-7-15)21-12-17(19(13)20)10-16-8-9-16/h3-7,12,16,22H,8-11H2,1-2H3. The van der Waals surface area contributed by atoms with Gasteiger partial charge in [-0.2, -0.15) is 0 Å². The average molecular weight is 290 g/mol. The number of pyridine rings is 1. The topological polar surface area (TPSA) is 28.7 Å². The van der Waals surface area contributed by atoms with Gasteiger partial charge in [0.1, 0.15) is 0 Å². The number of benzene rings is 1. The summed E-state index contributed by atoms with van der Waals surface area (Å²) in [4.78, 5) is 8.39. The maximum absolute atomic E-state index is 4.81. The monoisotopic (exact) mass is 290 g/mol. The largest absolute Gasteiger partial charge is 0.357 e. The highest BCUT2D eigenvalue weighted by Crippen LogP contribution is 2.36. The Morgan fingerprint density at radius 1 is 1.14 bits per heavy atom. The number of aryl methyl sites for hydroxylation is 2. The normalized spacial score (nSPS) is 14.6. The lowest BCUT2D eigenvalue weighted by atomic mass is 10.0. The first-order chi connectivity index (χ1) is 10.7. The molecule has 0 saturated heterocycles. The molecule has 4 rings (SSSR count). The highest BCUT2D eigenvalue weighted by Gasteiger charge is 2.24. The van der Waals surface area contributed by atoms with Crippen LogP contribution in [0.2, 0.25) is 0 Å². The Balaban J connectivity index is 1.80. The summed E-state index contributed by atoms with van der Waals surface area (Å²) < 4.78 is 0. The van der Waals surface area contributed by atoms with Gasteiger partial charge in [0.15, 0.2) is 0 Å². The summed E-state index contributed by atoms with van der Waals surface area (Å²) in [5, 5.41) is 1.42. The number of H-pyrrole nitrogens is 1. The van der Waals surface area contributed by atoms with Gasteiger partial charge in [0.25, 0.3) is 0 Å². The zero-order chi connectivity index (χ0) is 15.1. The lowest BCUT2D eigenvalue weighted by molar-refractivity contribution is 0.832. The summed E-state index contributed by atoms with van der Waals surface area (Å²) in [5.41, 5.74) is 7.82. The Morgan fingerprint density at radius 2 is 1.91 bits per heavy atom. The number of aromatic amines is 1. The predicted octanol–water partition coefficient (Wildman–Crippen LogP) is 4.72. The maximum Gasteiger partial charge on any atom is 0.0688 e. The third-order valence-corrected chi connectivity index (χ3v) is 4.91. The zero-order valence-electron chi connectivity index (χ0n) is 13.3. The maximum atomic E-state index is 4.81. The van der Waals surface area contributed by atoms with Gasteiger partial charge in [-0.1, -0.05) is 30.3 Å². The molecule has 0 amide bonds. The van der Waals surface area contributed by atoms with Crippen molar-refractivity contribution >= 4 is 10.9 Å². The molecule has 3 aromatic rings. The van der Waals surface area contributed by atoms with Gasteiger partial charge in [-0.25, -0.2) is 0 Å². The Hall–Kier alpha value is -2.09. The molecule has 1 saturated carbocycles. The summed E-state index contributed by atoms with van der Waals surface area (Å²) >= 11 is 0. The van der Waals surface area contributed by atoms with Gasteiger partial charge >= 0.3 is 0 Å². The van der Waals surface area contributed by atoms with Crippen molar-refractivity contribution in [2.75, 3.05) is 0 Å². The second-order valence-electron chi connectivity index (χ2n) is 6.67. The molecule has 0 bridgehead atoms. The van der Waals surface area contributed by atoms with Crippen molar-refractivity contribution in [1.29, 1.82) is 0 Å². The van der Waals surface area contributed by atoms with Crippen LogP contribution in [0.15, 0.2) is 36.5 Å². The van der Waals surface area contributed by atoms with Gasteiger partial charge in [0.05, 0.1) is 11.2 Å². The number of hydrogen-bond acceptors (Lipinski definition) is 1. The van der Waals surface area contributed by atoms with Crippen LogP contribution in [0.4, 0.5) is 0 Å². The molecular formula is C20H22N2. The molecule has 1 N–H and O–H groups in total. The zero-order valence-corrected chi connectivity index (χ0v) is 13.3. The van der Waals surface area contributed by atoms with E-state index >= 15 is 0 Å². The molecule has 1 fully saturated rings. The summed E-state index contributed by atoms with van der Waals surface area (Å²) in [6.07, 6.45) is 6.97. The van der Waals surface area contributed by atoms with E-state index in [2.05, 4.69) is 55.4 Å². The van der Waals surface area contributed by atoms with Gasteiger partial charge in [-0.3, -0.25) is 4.98 Å². The van der Waals surface area contributed by atoms with Crippen molar-refractivity contribution in [2.24, 2.45) is 5.92 Å². The van der Waals surface area contributed by atoms with Gasteiger partial charge in [0, 0.05) is 23.7 Å². The van der Waals surface area contributed by atoms with Crippen LogP contribution < -0.4 is 0 Å². The highest BCUT2D eigenvalue weighted by molar-refractivity contribution is 5.89. The van der Waals surface area contributed by atoms with Crippen LogP contribution in [0, 0.1) is 19.8 Å². The minimum Gasteiger partial charge on any atom is -0.357 e. The molecule has 2 heteroatoms. The van der Waals surface area contributed by atoms with Gasteiger partial charge < -0.3 is 4.98 Å². The van der Waals surface area contributed by atoms with Gasteiger partial charge in [0.2, 0.25) is 0 Å². The molecule has 1 aromatic carbocycles. The average Bonchev–Trinajstić information content (AvgIpc) is 3.29. The van der Waals surface area contributed by atoms with Crippen LogP contribution in [0.1, 0.15) is 40.9 Å². The highest BCUT2D eigenvalue weighted by atomic mass is 14.8. The van der Waals surface area contributed by atoms with Crippen molar-refractivity contribution < 1.29 is 0 Å². The number of aromatic nitrogens is 2. The van der Waals surface area contributed by atoms with Crippen LogP contribution in [0.5, 0.6) is 0 Å². The second-order valence-corrected chi connectivity index (χ2v) is 6.67. The summed E-state index contributed by atoms with van der Waals surface area (Å²) in [7, 11) is 0. The predicted molar refractivity (Wildman–Crippen MR) is 91.2 cm³/mol. The van der Waals surface area contributed by atoms with Crippen LogP contribution >= 0.6 is 0 Å². The summed E-state index contributed by atoms with van der Waals surface area (Å²) in [6.45, 7) is 4.40. The van der Waals surface area contributed by atoms with E-state index in [1.54, 1.807) is 0 Å². The molecule has 0 radical (unpaired) electrons. The quantitative estimate of drug-likeness (QED) is 0.739. The van der Waals surface area contributed by atoms with Gasteiger partial charge in [-0.15, -0.1) is 0 Å². The van der Waals surface area contributed by atoms with Crippen molar-refractivity contribution in [3.63, 3.8) is 0 Å². The molecule has 0 unspecified atom stereocenters. The second kappa shape index (κ2) is 5.28. The van der Waals surface area contributed by atoms with E-state index in [0.717, 1.165) is 18.0 Å². The van der Waals surface area contributed by atoms with E-state index in [1.165, 1.54) is 52.5 Å². The SMILES string of the molecule is Cc1[nH]c2c(Cc3ccccc3)ncc(CC3CC3)c2c1C. The fraction of sp³-hybridized carbons (Fsp3) is 0.350. The Bertz CT molecular complexity index is 811. The molecule has 2 nitrogen and oxygen atoms in total. The molecule has 112 valence electrons. The lowest BCUT2D eigenvalue weighted by Gasteiger charge is -2.08. The molecule has 1 aliphatic rings. The van der Waals surface area contributed by atoms with Crippen molar-refractivity contribution in [3.05, 3.63) is 64.6 Å². The number of fused-ring (bicyclic) bond motifs is 1. The number of nitrogens with one attached hydrogen (secondary N) is 1. The Kier molecular flexibility index (Phi) is 3.25. The molecule has 2 heterocycles. The number of nitrogens with zero attached hydrogens (tertiary/aromatic N) is 1. The fourth-order valence-corrected chi connectivity index (χ4v) is 3.33. The molecule has 0 atom stereocenters. The van der Waals surface area contributed by atoms with E-state index in [4.69, 9.17) is 4.98 Å². The van der Waals surface area contributed by atoms with Gasteiger partial charge in [-0.05, 0) is 55.7 Å². The van der Waals surface area contributed by atoms with E-state index in [9.17, 15) is 0 Å². The molecule has 0 spiro atoms. The van der Waals surface area contributed by atoms with E-state index in [-0.39, 0.29) is 0 Å². The minimum atomic E-state index is 0.888. The van der Waals surface area contributed by atoms with Crippen LogP contribution in [0.3, 0.4) is 0 Å². The third kappa shape index (κ3) is 2.43. The first kappa shape index (κ1) is 13.6. The first-order valence-corrected chi connectivity index (χ1v) is 8.22. The van der Waals surface area contributed by atoms with Crippen molar-refractivity contribution in [3.8, 4) is 0 Å². The molecule has 2 aromatic heterocycles. The molecule has 22 heavy (non-hydrogen) atoms. The van der Waals surface area contributed by atoms with Crippen LogP contribution in [-0.4, -0.2) is 9.97 Å². The summed E-state index contributed by atoms with van der Waals surface area (Å²) in [5.74, 6) is 0.888. The van der Waals surface area contributed by atoms with E-state index in [0.29, 0.717) is 0 Å². The first-order valence-electron chi connectivity index (χ1n) is 8.22. The van der Waals surface area contributed by atoms with E-state index in [1.807, 2.05) is 0 Å². The smallest absolute Gasteiger partial charge is 0.0688 e. The molecular weight excluding hydrogens is 268 g/mol. The van der Waals surface area contributed by atoms with E-state index < -0.39 is 0 Å². The molecule has 1 aliphatic carbocycles. The van der Waals surface area contributed by atoms with Crippen molar-refractivity contribution in [2.45, 2.75) is 39.5 Å². The Labute approximate surface area is 131 Å². The van der Waals surface area contributed by atoms with Crippen LogP contribution in [0.25, 0.3) is 10.9 Å². The fourth-order valence-electron chi connectivity index (χ4n) is 3.33. The lowest BCUT2D eigenvalue weighted by Crippen LogP contribution is -1.98. The van der Waals surface area contributed by atoms with Crippen molar-refractivity contribution in [1.82, 2.24) is 9.97 Å².